The van der Waals surface area contributed by atoms with E-state index in [-0.39, 0.29) is 52.5 Å². The number of hydrogen-bond donors (Lipinski definition) is 2. The van der Waals surface area contributed by atoms with Gasteiger partial charge in [0.1, 0.15) is 6.10 Å². The average molecular weight is 601 g/mol. The lowest BCUT2D eigenvalue weighted by atomic mass is 9.32. The van der Waals surface area contributed by atoms with Gasteiger partial charge in [-0.15, -0.1) is 0 Å². The number of esters is 1. The summed E-state index contributed by atoms with van der Waals surface area (Å²) >= 11 is 0. The summed E-state index contributed by atoms with van der Waals surface area (Å²) in [6, 6.07) is 0. The molecule has 5 aliphatic carbocycles. The number of carboxylic acid groups (broad SMARTS) is 2. The molecule has 10 atom stereocenters. The normalized spacial score (nSPS) is 45.3. The molecule has 0 aromatic rings. The summed E-state index contributed by atoms with van der Waals surface area (Å²) in [4.78, 5) is 37.3. The number of carboxylic acids is 2. The first-order chi connectivity index (χ1) is 19.7. The molecule has 4 unspecified atom stereocenters. The zero-order chi connectivity index (χ0) is 32.0. The van der Waals surface area contributed by atoms with Gasteiger partial charge in [-0.2, -0.15) is 0 Å². The second kappa shape index (κ2) is 10.5. The van der Waals surface area contributed by atoms with Crippen LogP contribution in [0.25, 0.3) is 0 Å². The van der Waals surface area contributed by atoms with E-state index in [0.717, 1.165) is 57.8 Å². The van der Waals surface area contributed by atoms with E-state index in [9.17, 15) is 24.6 Å². The van der Waals surface area contributed by atoms with Crippen molar-refractivity contribution in [2.45, 2.75) is 145 Å². The molecule has 5 aliphatic rings. The second-order valence-corrected chi connectivity index (χ2v) is 18.4. The van der Waals surface area contributed by atoms with Crippen molar-refractivity contribution in [3.05, 3.63) is 0 Å². The van der Waals surface area contributed by atoms with E-state index in [1.54, 1.807) is 0 Å². The van der Waals surface area contributed by atoms with Crippen molar-refractivity contribution in [3.8, 4) is 0 Å². The van der Waals surface area contributed by atoms with E-state index in [0.29, 0.717) is 29.6 Å². The van der Waals surface area contributed by atoms with E-state index in [1.165, 1.54) is 6.42 Å². The summed E-state index contributed by atoms with van der Waals surface area (Å²) in [6.45, 7) is 20.6. The Labute approximate surface area is 260 Å². The first-order valence-corrected chi connectivity index (χ1v) is 17.4. The van der Waals surface area contributed by atoms with Gasteiger partial charge < -0.3 is 14.9 Å². The third-order valence-electron chi connectivity index (χ3n) is 15.2. The quantitative estimate of drug-likeness (QED) is 0.284. The van der Waals surface area contributed by atoms with E-state index in [4.69, 9.17) is 4.74 Å². The molecule has 0 aromatic carbocycles. The summed E-state index contributed by atoms with van der Waals surface area (Å²) in [7, 11) is 0. The van der Waals surface area contributed by atoms with Crippen molar-refractivity contribution in [3.63, 3.8) is 0 Å². The van der Waals surface area contributed by atoms with Gasteiger partial charge in [-0.05, 0) is 121 Å². The van der Waals surface area contributed by atoms with Crippen molar-refractivity contribution < 1.29 is 29.3 Å². The molecule has 244 valence electrons. The zero-order valence-electron chi connectivity index (χ0n) is 28.6. The average Bonchev–Trinajstić information content (AvgIpc) is 3.26. The summed E-state index contributed by atoms with van der Waals surface area (Å²) < 4.78 is 6.21. The molecule has 43 heavy (non-hydrogen) atoms. The van der Waals surface area contributed by atoms with E-state index < -0.39 is 22.8 Å². The van der Waals surface area contributed by atoms with Gasteiger partial charge in [0.2, 0.25) is 0 Å². The Bertz CT molecular complexity index is 1140. The predicted octanol–water partition coefficient (Wildman–Crippen LogP) is 8.61. The molecular formula is C37H60O6. The molecule has 0 heterocycles. The highest BCUT2D eigenvalue weighted by molar-refractivity contribution is 5.76. The highest BCUT2D eigenvalue weighted by Gasteiger charge is 2.72. The molecule has 0 radical (unpaired) electrons. The minimum atomic E-state index is -0.889. The monoisotopic (exact) mass is 600 g/mol. The van der Waals surface area contributed by atoms with Crippen LogP contribution in [0.4, 0.5) is 0 Å². The van der Waals surface area contributed by atoms with Crippen LogP contribution in [0.15, 0.2) is 0 Å². The number of ether oxygens (including phenoxy) is 1. The molecule has 0 bridgehead atoms. The number of aliphatic carboxylic acids is 2. The molecule has 2 N–H and O–H groups in total. The largest absolute Gasteiger partial charge is 0.481 e. The molecular weight excluding hydrogens is 540 g/mol. The van der Waals surface area contributed by atoms with Crippen LogP contribution in [0, 0.1) is 68.0 Å². The SMILES string of the molecule is CC(C)[C@@H]1CC[C@]2(C(=O)O)CC[C@]3(C)C(CCC4[C@@]5(C)CC[C@H](OC(=O)CC(C)(C)CC(=O)O)C(C)(C)C5CC[C@]43C)C12. The predicted molar refractivity (Wildman–Crippen MR) is 167 cm³/mol. The van der Waals surface area contributed by atoms with Gasteiger partial charge in [0, 0.05) is 5.41 Å². The summed E-state index contributed by atoms with van der Waals surface area (Å²) in [5.41, 5.74) is -0.900. The van der Waals surface area contributed by atoms with Crippen LogP contribution < -0.4 is 0 Å². The Morgan fingerprint density at radius 1 is 0.791 bits per heavy atom. The Morgan fingerprint density at radius 2 is 1.47 bits per heavy atom. The molecule has 0 aromatic heterocycles. The fraction of sp³-hybridized carbons (Fsp3) is 0.919. The maximum Gasteiger partial charge on any atom is 0.309 e. The van der Waals surface area contributed by atoms with Gasteiger partial charge in [0.15, 0.2) is 0 Å². The third kappa shape index (κ3) is 4.80. The van der Waals surface area contributed by atoms with Gasteiger partial charge in [0.05, 0.1) is 18.3 Å². The van der Waals surface area contributed by atoms with Crippen LogP contribution in [-0.4, -0.2) is 34.2 Å². The van der Waals surface area contributed by atoms with Crippen molar-refractivity contribution in [2.24, 2.45) is 68.0 Å². The Balaban J connectivity index is 1.40. The molecule has 0 saturated heterocycles. The van der Waals surface area contributed by atoms with Crippen LogP contribution in [0.2, 0.25) is 0 Å². The molecule has 0 spiro atoms. The van der Waals surface area contributed by atoms with Crippen LogP contribution in [0.3, 0.4) is 0 Å². The number of fused-ring (bicyclic) bond motifs is 7. The number of rotatable bonds is 7. The molecule has 5 fully saturated rings. The van der Waals surface area contributed by atoms with E-state index >= 15 is 0 Å². The molecule has 6 heteroatoms. The van der Waals surface area contributed by atoms with Crippen LogP contribution >= 0.6 is 0 Å². The highest BCUT2D eigenvalue weighted by atomic mass is 16.5. The lowest BCUT2D eigenvalue weighted by Gasteiger charge is -2.72. The number of carbonyl (C=O) groups excluding carboxylic acids is 1. The maximum absolute atomic E-state index is 13.1. The number of carbonyl (C=O) groups is 3. The van der Waals surface area contributed by atoms with Crippen molar-refractivity contribution in [2.75, 3.05) is 0 Å². The molecule has 0 aliphatic heterocycles. The zero-order valence-corrected chi connectivity index (χ0v) is 28.6. The molecule has 6 nitrogen and oxygen atoms in total. The van der Waals surface area contributed by atoms with Crippen molar-refractivity contribution in [1.29, 1.82) is 0 Å². The van der Waals surface area contributed by atoms with Crippen molar-refractivity contribution in [1.82, 2.24) is 0 Å². The summed E-state index contributed by atoms with van der Waals surface area (Å²) in [6.07, 6.45) is 10.1. The Hall–Kier alpha value is -1.59. The highest BCUT2D eigenvalue weighted by Crippen LogP contribution is 2.77. The number of hydrogen-bond acceptors (Lipinski definition) is 4. The van der Waals surface area contributed by atoms with Gasteiger partial charge in [-0.25, -0.2) is 0 Å². The van der Waals surface area contributed by atoms with Crippen LogP contribution in [0.1, 0.15) is 139 Å². The Kier molecular flexibility index (Phi) is 7.99. The minimum absolute atomic E-state index is 0.0523. The summed E-state index contributed by atoms with van der Waals surface area (Å²) in [5.74, 6) is 1.07. The lowest BCUT2D eigenvalue weighted by molar-refractivity contribution is -0.252. The summed E-state index contributed by atoms with van der Waals surface area (Å²) in [5, 5.41) is 19.9. The van der Waals surface area contributed by atoms with Gasteiger partial charge in [-0.1, -0.05) is 62.3 Å². The first kappa shape index (κ1) is 32.8. The van der Waals surface area contributed by atoms with Gasteiger partial charge in [0.25, 0.3) is 0 Å². The fourth-order valence-electron chi connectivity index (χ4n) is 13.0. The van der Waals surface area contributed by atoms with E-state index in [1.807, 2.05) is 13.8 Å². The lowest BCUT2D eigenvalue weighted by Crippen LogP contribution is -2.67. The third-order valence-corrected chi connectivity index (χ3v) is 15.2. The molecule has 0 amide bonds. The first-order valence-electron chi connectivity index (χ1n) is 17.4. The molecule has 5 saturated carbocycles. The topological polar surface area (TPSA) is 101 Å². The Morgan fingerprint density at radius 3 is 2.07 bits per heavy atom. The van der Waals surface area contributed by atoms with E-state index in [2.05, 4.69) is 48.5 Å². The van der Waals surface area contributed by atoms with Crippen LogP contribution in [0.5, 0.6) is 0 Å². The minimum Gasteiger partial charge on any atom is -0.481 e. The second-order valence-electron chi connectivity index (χ2n) is 18.4. The maximum atomic E-state index is 13.1. The van der Waals surface area contributed by atoms with Gasteiger partial charge >= 0.3 is 17.9 Å². The smallest absolute Gasteiger partial charge is 0.309 e. The van der Waals surface area contributed by atoms with Gasteiger partial charge in [-0.3, -0.25) is 14.4 Å². The van der Waals surface area contributed by atoms with Crippen LogP contribution in [-0.2, 0) is 19.1 Å². The fourth-order valence-corrected chi connectivity index (χ4v) is 13.0. The van der Waals surface area contributed by atoms with Crippen molar-refractivity contribution >= 4 is 17.9 Å². The molecule has 5 rings (SSSR count). The standard InChI is InChI=1S/C37H60O6/c1-22(2)23-12-17-37(31(41)42)19-18-35(8)24(30(23)37)10-11-26-34(7)15-14-27(33(5,6)25(34)13-16-36(26,35)9)43-29(40)21-32(3,4)20-28(38)39/h22-27,30H,10-21H2,1-9H3,(H,38,39)(H,41,42)/t23-,24?,25?,26?,27-,30?,34-,35+,36+,37-/m0/s1.